The summed E-state index contributed by atoms with van der Waals surface area (Å²) in [5, 5.41) is 25.0. The molecule has 0 spiro atoms. The number of rotatable bonds is 7. The molecule has 0 saturated carbocycles. The number of aromatic nitrogens is 3. The van der Waals surface area contributed by atoms with Crippen LogP contribution >= 0.6 is 12.4 Å². The molecule has 10 nitrogen and oxygen atoms in total. The first kappa shape index (κ1) is 21.7. The Morgan fingerprint density at radius 1 is 1.36 bits per heavy atom. The van der Waals surface area contributed by atoms with Crippen molar-refractivity contribution in [1.82, 2.24) is 30.5 Å². The van der Waals surface area contributed by atoms with Gasteiger partial charge in [0.15, 0.2) is 5.69 Å². The normalized spacial score (nSPS) is 14.3. The fourth-order valence-corrected chi connectivity index (χ4v) is 3.05. The molecular weight excluding hydrogens is 386 g/mol. The summed E-state index contributed by atoms with van der Waals surface area (Å²) in [6.07, 6.45) is 0.865. The van der Waals surface area contributed by atoms with Gasteiger partial charge in [0.05, 0.1) is 16.3 Å². The van der Waals surface area contributed by atoms with Gasteiger partial charge in [-0.2, -0.15) is 0 Å². The molecular formula is C17H24ClN7O3. The SMILES string of the molecule is Cc1c(C(=O)NCCCN2CCNCC2)nnn1-c1cccc([N+](=O)[O-])c1.Cl. The number of nitrogens with zero attached hydrogens (tertiary/aromatic N) is 5. The van der Waals surface area contributed by atoms with E-state index in [1.165, 1.54) is 16.8 Å². The second-order valence-corrected chi connectivity index (χ2v) is 6.41. The van der Waals surface area contributed by atoms with Crippen molar-refractivity contribution in [1.29, 1.82) is 0 Å². The van der Waals surface area contributed by atoms with Gasteiger partial charge in [-0.15, -0.1) is 17.5 Å². The van der Waals surface area contributed by atoms with Crippen molar-refractivity contribution in [2.75, 3.05) is 39.3 Å². The summed E-state index contributed by atoms with van der Waals surface area (Å²) in [5.74, 6) is -0.288. The van der Waals surface area contributed by atoms with Gasteiger partial charge in [0, 0.05) is 44.9 Å². The number of carbonyl (C=O) groups excluding carboxylic acids is 1. The van der Waals surface area contributed by atoms with Crippen LogP contribution in [-0.2, 0) is 0 Å². The minimum absolute atomic E-state index is 0. The molecule has 2 N–H and O–H groups in total. The molecule has 0 aliphatic carbocycles. The van der Waals surface area contributed by atoms with Crippen LogP contribution in [-0.4, -0.2) is 70.0 Å². The molecule has 0 radical (unpaired) electrons. The van der Waals surface area contributed by atoms with E-state index in [2.05, 4.69) is 25.8 Å². The number of nitrogens with one attached hydrogen (secondary N) is 2. The summed E-state index contributed by atoms with van der Waals surface area (Å²) in [5.41, 5.74) is 1.21. The highest BCUT2D eigenvalue weighted by Crippen LogP contribution is 2.18. The summed E-state index contributed by atoms with van der Waals surface area (Å²) in [7, 11) is 0. The largest absolute Gasteiger partial charge is 0.351 e. The fourth-order valence-electron chi connectivity index (χ4n) is 3.05. The van der Waals surface area contributed by atoms with E-state index in [-0.39, 0.29) is 29.7 Å². The Morgan fingerprint density at radius 2 is 2.11 bits per heavy atom. The lowest BCUT2D eigenvalue weighted by atomic mass is 10.2. The third kappa shape index (κ3) is 5.24. The molecule has 0 bridgehead atoms. The predicted molar refractivity (Wildman–Crippen MR) is 106 cm³/mol. The van der Waals surface area contributed by atoms with E-state index in [1.54, 1.807) is 19.1 Å². The van der Waals surface area contributed by atoms with Crippen molar-refractivity contribution in [3.63, 3.8) is 0 Å². The summed E-state index contributed by atoms with van der Waals surface area (Å²) < 4.78 is 1.43. The van der Waals surface area contributed by atoms with Crippen molar-refractivity contribution in [2.45, 2.75) is 13.3 Å². The molecule has 1 aliphatic heterocycles. The predicted octanol–water partition coefficient (Wildman–Crippen LogP) is 0.931. The highest BCUT2D eigenvalue weighted by molar-refractivity contribution is 5.93. The Balaban J connectivity index is 0.00000280. The molecule has 1 aromatic carbocycles. The average molecular weight is 410 g/mol. The van der Waals surface area contributed by atoms with Crippen LogP contribution in [0.25, 0.3) is 5.69 Å². The second kappa shape index (κ2) is 10.1. The standard InChI is InChI=1S/C17H23N7O3.ClH/c1-13-16(17(25)19-6-3-9-22-10-7-18-8-11-22)20-21-23(13)14-4-2-5-15(12-14)24(26)27;/h2,4-5,12,18H,3,6-11H2,1H3,(H,19,25);1H. The minimum atomic E-state index is -0.470. The van der Waals surface area contributed by atoms with Gasteiger partial charge in [0.2, 0.25) is 0 Å². The van der Waals surface area contributed by atoms with Gasteiger partial charge in [-0.05, 0) is 26.0 Å². The van der Waals surface area contributed by atoms with Gasteiger partial charge < -0.3 is 15.5 Å². The Bertz CT molecular complexity index is 821. The van der Waals surface area contributed by atoms with E-state index >= 15 is 0 Å². The van der Waals surface area contributed by atoms with Crippen LogP contribution in [0.3, 0.4) is 0 Å². The maximum atomic E-state index is 12.4. The summed E-state index contributed by atoms with van der Waals surface area (Å²) >= 11 is 0. The molecule has 11 heteroatoms. The first-order valence-corrected chi connectivity index (χ1v) is 8.94. The molecule has 2 aromatic rings. The Labute approximate surface area is 168 Å². The van der Waals surface area contributed by atoms with Crippen LogP contribution in [0.1, 0.15) is 22.6 Å². The highest BCUT2D eigenvalue weighted by Gasteiger charge is 2.18. The van der Waals surface area contributed by atoms with Gasteiger partial charge in [-0.1, -0.05) is 11.3 Å². The molecule has 1 amide bonds. The average Bonchev–Trinajstić information content (AvgIpc) is 3.07. The molecule has 1 aromatic heterocycles. The molecule has 1 fully saturated rings. The molecule has 3 rings (SSSR count). The van der Waals surface area contributed by atoms with Crippen molar-refractivity contribution >= 4 is 24.0 Å². The van der Waals surface area contributed by atoms with Crippen molar-refractivity contribution in [3.05, 3.63) is 45.8 Å². The smallest absolute Gasteiger partial charge is 0.273 e. The van der Waals surface area contributed by atoms with E-state index < -0.39 is 4.92 Å². The monoisotopic (exact) mass is 409 g/mol. The second-order valence-electron chi connectivity index (χ2n) is 6.41. The number of hydrogen-bond acceptors (Lipinski definition) is 7. The number of amides is 1. The number of carbonyl (C=O) groups is 1. The molecule has 152 valence electrons. The van der Waals surface area contributed by atoms with Crippen molar-refractivity contribution in [2.24, 2.45) is 0 Å². The fraction of sp³-hybridized carbons (Fsp3) is 0.471. The zero-order valence-corrected chi connectivity index (χ0v) is 16.4. The van der Waals surface area contributed by atoms with E-state index in [0.29, 0.717) is 17.9 Å². The molecule has 28 heavy (non-hydrogen) atoms. The Hall–Kier alpha value is -2.56. The van der Waals surface area contributed by atoms with Crippen LogP contribution in [0.5, 0.6) is 0 Å². The molecule has 1 aliphatic rings. The van der Waals surface area contributed by atoms with Crippen LogP contribution in [0.2, 0.25) is 0 Å². The van der Waals surface area contributed by atoms with Gasteiger partial charge >= 0.3 is 0 Å². The van der Waals surface area contributed by atoms with Crippen molar-refractivity contribution in [3.8, 4) is 5.69 Å². The first-order chi connectivity index (χ1) is 13.1. The lowest BCUT2D eigenvalue weighted by molar-refractivity contribution is -0.384. The van der Waals surface area contributed by atoms with E-state index in [9.17, 15) is 14.9 Å². The molecule has 0 atom stereocenters. The number of non-ortho nitro benzene ring substituents is 1. The highest BCUT2D eigenvalue weighted by atomic mass is 35.5. The number of halogens is 1. The summed E-state index contributed by atoms with van der Waals surface area (Å²) in [6, 6.07) is 6.06. The molecule has 2 heterocycles. The zero-order chi connectivity index (χ0) is 19.2. The summed E-state index contributed by atoms with van der Waals surface area (Å²) in [4.78, 5) is 25.2. The number of nitro benzene ring substituents is 1. The van der Waals surface area contributed by atoms with Crippen LogP contribution in [0.4, 0.5) is 5.69 Å². The third-order valence-electron chi connectivity index (χ3n) is 4.54. The number of nitro groups is 1. The third-order valence-corrected chi connectivity index (χ3v) is 4.54. The maximum Gasteiger partial charge on any atom is 0.273 e. The quantitative estimate of drug-likeness (QED) is 0.396. The Morgan fingerprint density at radius 3 is 2.82 bits per heavy atom. The van der Waals surface area contributed by atoms with Crippen LogP contribution in [0, 0.1) is 17.0 Å². The van der Waals surface area contributed by atoms with E-state index in [0.717, 1.165) is 39.1 Å². The lowest BCUT2D eigenvalue weighted by Crippen LogP contribution is -2.44. The molecule has 0 unspecified atom stereocenters. The van der Waals surface area contributed by atoms with Crippen LogP contribution < -0.4 is 10.6 Å². The van der Waals surface area contributed by atoms with Crippen LogP contribution in [0.15, 0.2) is 24.3 Å². The Kier molecular flexibility index (Phi) is 7.85. The lowest BCUT2D eigenvalue weighted by Gasteiger charge is -2.26. The maximum absolute atomic E-state index is 12.4. The minimum Gasteiger partial charge on any atom is -0.351 e. The number of benzene rings is 1. The zero-order valence-electron chi connectivity index (χ0n) is 15.6. The van der Waals surface area contributed by atoms with Gasteiger partial charge in [-0.25, -0.2) is 4.68 Å². The topological polar surface area (TPSA) is 118 Å². The van der Waals surface area contributed by atoms with E-state index in [4.69, 9.17) is 0 Å². The number of hydrogen-bond donors (Lipinski definition) is 2. The molecule has 1 saturated heterocycles. The number of piperazine rings is 1. The first-order valence-electron chi connectivity index (χ1n) is 8.94. The van der Waals surface area contributed by atoms with Gasteiger partial charge in [-0.3, -0.25) is 14.9 Å². The van der Waals surface area contributed by atoms with Crippen molar-refractivity contribution < 1.29 is 9.72 Å². The van der Waals surface area contributed by atoms with E-state index in [1.807, 2.05) is 0 Å². The van der Waals surface area contributed by atoms with Gasteiger partial charge in [0.25, 0.3) is 11.6 Å². The summed E-state index contributed by atoms with van der Waals surface area (Å²) in [6.45, 7) is 7.30. The van der Waals surface area contributed by atoms with Gasteiger partial charge in [0.1, 0.15) is 0 Å².